The van der Waals surface area contributed by atoms with Crippen molar-refractivity contribution >= 4 is 23.2 Å². The van der Waals surface area contributed by atoms with Gasteiger partial charge in [-0.05, 0) is 0 Å². The van der Waals surface area contributed by atoms with E-state index in [4.69, 9.17) is 23.2 Å². The van der Waals surface area contributed by atoms with Gasteiger partial charge in [-0.1, -0.05) is 23.8 Å². The van der Waals surface area contributed by atoms with Gasteiger partial charge < -0.3 is 0 Å². The second kappa shape index (κ2) is 5.02. The van der Waals surface area contributed by atoms with Gasteiger partial charge in [-0.2, -0.15) is 0 Å². The number of halogens is 2. The van der Waals surface area contributed by atoms with Crippen LogP contribution in [-0.4, -0.2) is 15.4 Å². The summed E-state index contributed by atoms with van der Waals surface area (Å²) in [6.07, 6.45) is 4.71. The number of aromatic amines is 1. The standard InChI is InChI=1S/C8H8Cl2N2O2/c9-3-1-2-4-12-5-6(10)7(13)11-8(12)14/h1-2,5H,3-4H2,(H,11,13,14)/b2-1+. The van der Waals surface area contributed by atoms with Crippen LogP contribution in [0.1, 0.15) is 0 Å². The molecular weight excluding hydrogens is 227 g/mol. The molecule has 0 radical (unpaired) electrons. The first-order valence-electron chi connectivity index (χ1n) is 3.85. The molecule has 6 heteroatoms. The first-order valence-corrected chi connectivity index (χ1v) is 4.76. The molecule has 0 saturated carbocycles. The Morgan fingerprint density at radius 2 is 2.14 bits per heavy atom. The largest absolute Gasteiger partial charge is 0.328 e. The van der Waals surface area contributed by atoms with Gasteiger partial charge in [-0.3, -0.25) is 14.3 Å². The Hall–Kier alpha value is -1.000. The number of aromatic nitrogens is 2. The third-order valence-corrected chi connectivity index (χ3v) is 1.97. The van der Waals surface area contributed by atoms with Crippen molar-refractivity contribution in [3.63, 3.8) is 0 Å². The Balaban J connectivity index is 2.99. The maximum absolute atomic E-state index is 11.2. The predicted octanol–water partition coefficient (Wildman–Crippen LogP) is 0.985. The molecule has 0 saturated heterocycles. The molecule has 0 spiro atoms. The number of nitrogens with zero attached hydrogens (tertiary/aromatic N) is 1. The molecule has 76 valence electrons. The highest BCUT2D eigenvalue weighted by molar-refractivity contribution is 6.30. The number of rotatable bonds is 3. The van der Waals surface area contributed by atoms with E-state index in [1.807, 2.05) is 0 Å². The molecule has 0 bridgehead atoms. The van der Waals surface area contributed by atoms with Gasteiger partial charge in [0, 0.05) is 18.6 Å². The average Bonchev–Trinajstić information content (AvgIpc) is 2.14. The van der Waals surface area contributed by atoms with Crippen molar-refractivity contribution in [3.05, 3.63) is 44.2 Å². The second-order valence-electron chi connectivity index (χ2n) is 2.51. The van der Waals surface area contributed by atoms with Crippen LogP contribution in [0.25, 0.3) is 0 Å². The molecule has 14 heavy (non-hydrogen) atoms. The van der Waals surface area contributed by atoms with E-state index in [1.54, 1.807) is 12.2 Å². The van der Waals surface area contributed by atoms with E-state index in [1.165, 1.54) is 10.8 Å². The SMILES string of the molecule is O=c1[nH]c(=O)n(C/C=C/CCl)cc1Cl. The Labute approximate surface area is 89.8 Å². The third kappa shape index (κ3) is 2.75. The van der Waals surface area contributed by atoms with Crippen LogP contribution in [0.15, 0.2) is 27.9 Å². The van der Waals surface area contributed by atoms with E-state index in [0.717, 1.165) is 0 Å². The monoisotopic (exact) mass is 234 g/mol. The second-order valence-corrected chi connectivity index (χ2v) is 3.23. The summed E-state index contributed by atoms with van der Waals surface area (Å²) in [5.41, 5.74) is -1.06. The summed E-state index contributed by atoms with van der Waals surface area (Å²) in [5.74, 6) is 0.381. The lowest BCUT2D eigenvalue weighted by molar-refractivity contribution is 0.736. The number of H-pyrrole nitrogens is 1. The lowest BCUT2D eigenvalue weighted by Crippen LogP contribution is -2.29. The van der Waals surface area contributed by atoms with E-state index in [9.17, 15) is 9.59 Å². The van der Waals surface area contributed by atoms with E-state index in [0.29, 0.717) is 12.4 Å². The molecule has 0 aromatic carbocycles. The van der Waals surface area contributed by atoms with Crippen molar-refractivity contribution in [2.75, 3.05) is 5.88 Å². The van der Waals surface area contributed by atoms with Gasteiger partial charge in [-0.15, -0.1) is 11.6 Å². The van der Waals surface area contributed by atoms with Gasteiger partial charge in [-0.25, -0.2) is 4.79 Å². The van der Waals surface area contributed by atoms with Crippen molar-refractivity contribution in [2.45, 2.75) is 6.54 Å². The summed E-state index contributed by atoms with van der Waals surface area (Å²) in [7, 11) is 0. The summed E-state index contributed by atoms with van der Waals surface area (Å²) in [6.45, 7) is 0.335. The fourth-order valence-corrected chi connectivity index (χ4v) is 1.16. The maximum atomic E-state index is 11.2. The number of hydrogen-bond donors (Lipinski definition) is 1. The molecule has 0 aliphatic heterocycles. The van der Waals surface area contributed by atoms with Crippen LogP contribution >= 0.6 is 23.2 Å². The Morgan fingerprint density at radius 1 is 1.43 bits per heavy atom. The summed E-state index contributed by atoms with van der Waals surface area (Å²) in [5, 5.41) is -0.0103. The molecule has 1 rings (SSSR count). The van der Waals surface area contributed by atoms with Gasteiger partial charge in [0.05, 0.1) is 0 Å². The van der Waals surface area contributed by atoms with Gasteiger partial charge in [0.15, 0.2) is 0 Å². The van der Waals surface area contributed by atoms with Gasteiger partial charge in [0.25, 0.3) is 5.56 Å². The summed E-state index contributed by atoms with van der Waals surface area (Å²) in [4.78, 5) is 24.1. The van der Waals surface area contributed by atoms with Gasteiger partial charge >= 0.3 is 5.69 Å². The average molecular weight is 235 g/mol. The number of allylic oxidation sites excluding steroid dienone is 2. The van der Waals surface area contributed by atoms with Crippen LogP contribution in [0.2, 0.25) is 5.02 Å². The number of alkyl halides is 1. The summed E-state index contributed by atoms with van der Waals surface area (Å²) < 4.78 is 1.28. The molecule has 0 fully saturated rings. The normalized spacial score (nSPS) is 11.0. The van der Waals surface area contributed by atoms with Crippen LogP contribution in [0.4, 0.5) is 0 Å². The zero-order valence-corrected chi connectivity index (χ0v) is 8.68. The minimum absolute atomic E-state index is 0.0103. The lowest BCUT2D eigenvalue weighted by Gasteiger charge is -2.00. The summed E-state index contributed by atoms with van der Waals surface area (Å²) in [6, 6.07) is 0. The van der Waals surface area contributed by atoms with E-state index < -0.39 is 11.2 Å². The van der Waals surface area contributed by atoms with Crippen LogP contribution in [-0.2, 0) is 6.54 Å². The molecule has 0 amide bonds. The molecule has 1 heterocycles. The van der Waals surface area contributed by atoms with E-state index >= 15 is 0 Å². The van der Waals surface area contributed by atoms with Gasteiger partial charge in [0.2, 0.25) is 0 Å². The van der Waals surface area contributed by atoms with Crippen LogP contribution < -0.4 is 11.2 Å². The van der Waals surface area contributed by atoms with E-state index in [-0.39, 0.29) is 5.02 Å². The van der Waals surface area contributed by atoms with Crippen molar-refractivity contribution < 1.29 is 0 Å². The maximum Gasteiger partial charge on any atom is 0.328 e. The first kappa shape index (κ1) is 11.1. The molecule has 1 N–H and O–H groups in total. The lowest BCUT2D eigenvalue weighted by atomic mass is 10.5. The van der Waals surface area contributed by atoms with Crippen LogP contribution in [0, 0.1) is 0 Å². The minimum atomic E-state index is -0.575. The van der Waals surface area contributed by atoms with Crippen molar-refractivity contribution in [2.24, 2.45) is 0 Å². The predicted molar refractivity (Wildman–Crippen MR) is 56.2 cm³/mol. The van der Waals surface area contributed by atoms with Crippen molar-refractivity contribution in [3.8, 4) is 0 Å². The molecule has 0 unspecified atom stereocenters. The molecule has 0 atom stereocenters. The fraction of sp³-hybridized carbons (Fsp3) is 0.250. The van der Waals surface area contributed by atoms with E-state index in [2.05, 4.69) is 4.98 Å². The molecule has 1 aromatic rings. The molecule has 1 aromatic heterocycles. The molecule has 4 nitrogen and oxygen atoms in total. The Bertz CT molecular complexity index is 447. The number of nitrogens with one attached hydrogen (secondary N) is 1. The van der Waals surface area contributed by atoms with Gasteiger partial charge in [0.1, 0.15) is 5.02 Å². The zero-order chi connectivity index (χ0) is 10.6. The Kier molecular flexibility index (Phi) is 3.98. The van der Waals surface area contributed by atoms with Crippen LogP contribution in [0.3, 0.4) is 0 Å². The highest BCUT2D eigenvalue weighted by Gasteiger charge is 1.99. The highest BCUT2D eigenvalue weighted by Crippen LogP contribution is 1.95. The quantitative estimate of drug-likeness (QED) is 0.627. The highest BCUT2D eigenvalue weighted by atomic mass is 35.5. The minimum Gasteiger partial charge on any atom is -0.295 e. The number of hydrogen-bond acceptors (Lipinski definition) is 2. The third-order valence-electron chi connectivity index (χ3n) is 1.53. The molecule has 0 aliphatic carbocycles. The molecule has 0 aliphatic rings. The zero-order valence-electron chi connectivity index (χ0n) is 7.17. The fourth-order valence-electron chi connectivity index (χ4n) is 0.869. The summed E-state index contributed by atoms with van der Waals surface area (Å²) >= 11 is 11.0. The van der Waals surface area contributed by atoms with Crippen LogP contribution in [0.5, 0.6) is 0 Å². The van der Waals surface area contributed by atoms with Crippen molar-refractivity contribution in [1.29, 1.82) is 0 Å². The topological polar surface area (TPSA) is 54.9 Å². The molecular formula is C8H8Cl2N2O2. The first-order chi connectivity index (χ1) is 6.65. The Morgan fingerprint density at radius 3 is 2.79 bits per heavy atom. The smallest absolute Gasteiger partial charge is 0.295 e. The van der Waals surface area contributed by atoms with Crippen molar-refractivity contribution in [1.82, 2.24) is 9.55 Å².